The molecule has 0 amide bonds. The van der Waals surface area contributed by atoms with Crippen molar-refractivity contribution in [1.29, 1.82) is 0 Å². The maximum Gasteiger partial charge on any atom is 0.246 e. The molecule has 1 aromatic heterocycles. The first-order chi connectivity index (χ1) is 9.86. The highest BCUT2D eigenvalue weighted by atomic mass is 32.2. The molecule has 0 aromatic carbocycles. The lowest BCUT2D eigenvalue weighted by Crippen LogP contribution is -2.40. The minimum atomic E-state index is -3.58. The van der Waals surface area contributed by atoms with Crippen molar-refractivity contribution in [3.8, 4) is 0 Å². The Morgan fingerprint density at radius 3 is 2.52 bits per heavy atom. The topological polar surface area (TPSA) is 89.5 Å². The normalized spacial score (nSPS) is 18.5. The summed E-state index contributed by atoms with van der Waals surface area (Å²) in [5, 5.41) is 15.8. The fourth-order valence-electron chi connectivity index (χ4n) is 2.90. The Morgan fingerprint density at radius 2 is 2.00 bits per heavy atom. The van der Waals surface area contributed by atoms with Crippen LogP contribution in [0.4, 0.5) is 0 Å². The molecule has 8 heteroatoms. The van der Waals surface area contributed by atoms with Crippen molar-refractivity contribution in [1.82, 2.24) is 19.4 Å². The molecule has 0 saturated carbocycles. The number of hydrogen-bond donors (Lipinski definition) is 2. The molecular weight excluding hydrogens is 292 g/mol. The number of aryl methyl sites for hydroxylation is 1. The average molecular weight is 316 g/mol. The smallest absolute Gasteiger partial charge is 0.246 e. The number of piperidine rings is 1. The number of sulfonamides is 1. The SMILES string of the molecule is Cc1[nH]nc(CO)c1S(=O)(=O)N1CCC(CN(C)C)CC1. The number of aliphatic hydroxyl groups is 1. The van der Waals surface area contributed by atoms with Crippen LogP contribution in [0, 0.1) is 12.8 Å². The standard InChI is InChI=1S/C13H24N4O3S/c1-10-13(12(9-18)15-14-10)21(19,20)17-6-4-11(5-7-17)8-16(2)3/h11,18H,4-9H2,1-3H3,(H,14,15). The highest BCUT2D eigenvalue weighted by Gasteiger charge is 2.33. The van der Waals surface area contributed by atoms with Gasteiger partial charge in [0.25, 0.3) is 0 Å². The lowest BCUT2D eigenvalue weighted by atomic mass is 9.98. The van der Waals surface area contributed by atoms with Crippen molar-refractivity contribution < 1.29 is 13.5 Å². The Kier molecular flexibility index (Phi) is 5.03. The van der Waals surface area contributed by atoms with Crippen LogP contribution in [0.3, 0.4) is 0 Å². The molecule has 1 fully saturated rings. The molecule has 21 heavy (non-hydrogen) atoms. The van der Waals surface area contributed by atoms with Gasteiger partial charge in [-0.05, 0) is 39.8 Å². The van der Waals surface area contributed by atoms with E-state index in [2.05, 4.69) is 15.1 Å². The van der Waals surface area contributed by atoms with Gasteiger partial charge < -0.3 is 10.0 Å². The number of nitrogens with zero attached hydrogens (tertiary/aromatic N) is 3. The summed E-state index contributed by atoms with van der Waals surface area (Å²) in [5.41, 5.74) is 0.678. The fraction of sp³-hybridized carbons (Fsp3) is 0.769. The van der Waals surface area contributed by atoms with Crippen molar-refractivity contribution in [2.45, 2.75) is 31.3 Å². The van der Waals surface area contributed by atoms with Crippen LogP contribution in [0.25, 0.3) is 0 Å². The van der Waals surface area contributed by atoms with E-state index in [0.29, 0.717) is 24.7 Å². The number of H-pyrrole nitrogens is 1. The maximum atomic E-state index is 12.7. The summed E-state index contributed by atoms with van der Waals surface area (Å²) in [5.74, 6) is 0.536. The van der Waals surface area contributed by atoms with Crippen molar-refractivity contribution in [3.63, 3.8) is 0 Å². The summed E-state index contributed by atoms with van der Waals surface area (Å²) in [4.78, 5) is 2.27. The van der Waals surface area contributed by atoms with Crippen LogP contribution in [0.5, 0.6) is 0 Å². The molecular formula is C13H24N4O3S. The van der Waals surface area contributed by atoms with Crippen LogP contribution >= 0.6 is 0 Å². The van der Waals surface area contributed by atoms with Crippen molar-refractivity contribution in [2.24, 2.45) is 5.92 Å². The van der Waals surface area contributed by atoms with Gasteiger partial charge in [-0.15, -0.1) is 0 Å². The molecule has 1 aromatic rings. The average Bonchev–Trinajstić information content (AvgIpc) is 2.80. The van der Waals surface area contributed by atoms with Crippen LogP contribution < -0.4 is 0 Å². The van der Waals surface area contributed by atoms with Gasteiger partial charge in [-0.1, -0.05) is 0 Å². The molecule has 1 saturated heterocycles. The third kappa shape index (κ3) is 3.45. The Morgan fingerprint density at radius 1 is 1.38 bits per heavy atom. The van der Waals surface area contributed by atoms with Crippen LogP contribution in [-0.2, 0) is 16.6 Å². The van der Waals surface area contributed by atoms with Crippen LogP contribution in [-0.4, -0.2) is 66.7 Å². The quantitative estimate of drug-likeness (QED) is 0.808. The molecule has 120 valence electrons. The Labute approximate surface area is 126 Å². The number of hydrogen-bond acceptors (Lipinski definition) is 5. The minimum absolute atomic E-state index is 0.135. The minimum Gasteiger partial charge on any atom is -0.390 e. The molecule has 0 bridgehead atoms. The molecule has 2 rings (SSSR count). The second-order valence-corrected chi connectivity index (χ2v) is 7.77. The third-order valence-corrected chi connectivity index (χ3v) is 6.01. The molecule has 2 N–H and O–H groups in total. The molecule has 0 unspecified atom stereocenters. The monoisotopic (exact) mass is 316 g/mol. The Hall–Kier alpha value is -0.960. The molecule has 1 aliphatic heterocycles. The van der Waals surface area contributed by atoms with Crippen molar-refractivity contribution in [2.75, 3.05) is 33.7 Å². The predicted molar refractivity (Wildman–Crippen MR) is 79.3 cm³/mol. The second kappa shape index (κ2) is 6.43. The van der Waals surface area contributed by atoms with Gasteiger partial charge in [0.15, 0.2) is 0 Å². The first kappa shape index (κ1) is 16.4. The molecule has 0 radical (unpaired) electrons. The van der Waals surface area contributed by atoms with Gasteiger partial charge in [0, 0.05) is 19.6 Å². The van der Waals surface area contributed by atoms with Crippen LogP contribution in [0.2, 0.25) is 0 Å². The second-order valence-electron chi connectivity index (χ2n) is 5.89. The van der Waals surface area contributed by atoms with E-state index in [0.717, 1.165) is 19.4 Å². The first-order valence-electron chi connectivity index (χ1n) is 7.15. The van der Waals surface area contributed by atoms with Crippen molar-refractivity contribution >= 4 is 10.0 Å². The highest BCUT2D eigenvalue weighted by Crippen LogP contribution is 2.27. The van der Waals surface area contributed by atoms with Crippen LogP contribution in [0.15, 0.2) is 4.90 Å². The zero-order valence-electron chi connectivity index (χ0n) is 12.8. The van der Waals surface area contributed by atoms with Gasteiger partial charge in [-0.2, -0.15) is 9.40 Å². The summed E-state index contributed by atoms with van der Waals surface area (Å²) >= 11 is 0. The van der Waals surface area contributed by atoms with E-state index in [1.165, 1.54) is 4.31 Å². The molecule has 2 heterocycles. The third-order valence-electron chi connectivity index (χ3n) is 3.91. The highest BCUT2D eigenvalue weighted by molar-refractivity contribution is 7.89. The van der Waals surface area contributed by atoms with E-state index in [1.807, 2.05) is 14.1 Å². The largest absolute Gasteiger partial charge is 0.390 e. The van der Waals surface area contributed by atoms with Crippen LogP contribution in [0.1, 0.15) is 24.2 Å². The number of rotatable bonds is 5. The lowest BCUT2D eigenvalue weighted by molar-refractivity contribution is 0.224. The predicted octanol–water partition coefficient (Wildman–Crippen LogP) is 0.173. The van der Waals surface area contributed by atoms with E-state index >= 15 is 0 Å². The summed E-state index contributed by atoms with van der Waals surface area (Å²) in [6, 6.07) is 0. The van der Waals surface area contributed by atoms with Gasteiger partial charge in [0.2, 0.25) is 10.0 Å². The first-order valence-corrected chi connectivity index (χ1v) is 8.59. The number of aliphatic hydroxyl groups excluding tert-OH is 1. The van der Waals surface area contributed by atoms with E-state index in [-0.39, 0.29) is 17.2 Å². The maximum absolute atomic E-state index is 12.7. The number of aromatic amines is 1. The summed E-state index contributed by atoms with van der Waals surface area (Å²) < 4.78 is 27.0. The molecule has 0 atom stereocenters. The number of nitrogens with one attached hydrogen (secondary N) is 1. The Balaban J connectivity index is 2.13. The van der Waals surface area contributed by atoms with Gasteiger partial charge >= 0.3 is 0 Å². The van der Waals surface area contributed by atoms with Crippen molar-refractivity contribution in [3.05, 3.63) is 11.4 Å². The van der Waals surface area contributed by atoms with E-state index in [9.17, 15) is 13.5 Å². The molecule has 0 aliphatic carbocycles. The summed E-state index contributed by atoms with van der Waals surface area (Å²) in [6.07, 6.45) is 1.73. The van der Waals surface area contributed by atoms with Gasteiger partial charge in [0.05, 0.1) is 12.3 Å². The van der Waals surface area contributed by atoms with E-state index < -0.39 is 10.0 Å². The summed E-state index contributed by atoms with van der Waals surface area (Å²) in [6.45, 7) is 3.32. The van der Waals surface area contributed by atoms with Gasteiger partial charge in [-0.25, -0.2) is 8.42 Å². The van der Waals surface area contributed by atoms with E-state index in [4.69, 9.17) is 0 Å². The molecule has 1 aliphatic rings. The van der Waals surface area contributed by atoms with E-state index in [1.54, 1.807) is 6.92 Å². The zero-order chi connectivity index (χ0) is 15.6. The number of aromatic nitrogens is 2. The lowest BCUT2D eigenvalue weighted by Gasteiger charge is -2.32. The fourth-order valence-corrected chi connectivity index (χ4v) is 4.69. The zero-order valence-corrected chi connectivity index (χ0v) is 13.7. The Bertz CT molecular complexity index is 574. The molecule has 7 nitrogen and oxygen atoms in total. The van der Waals surface area contributed by atoms with Gasteiger partial charge in [0.1, 0.15) is 10.6 Å². The summed E-state index contributed by atoms with van der Waals surface area (Å²) in [7, 11) is 0.488. The van der Waals surface area contributed by atoms with Gasteiger partial charge in [-0.3, -0.25) is 5.10 Å². The molecule has 0 spiro atoms.